The number of carbonyl (C=O) groups is 1. The van der Waals surface area contributed by atoms with Crippen molar-refractivity contribution in [3.63, 3.8) is 0 Å². The number of H-pyrrole nitrogens is 1. The normalized spacial score (nSPS) is 11.6. The molecule has 0 spiro atoms. The first-order chi connectivity index (χ1) is 14.4. The highest BCUT2D eigenvalue weighted by atomic mass is 16.2. The molecule has 2 N–H and O–H groups in total. The second-order valence-electron chi connectivity index (χ2n) is 7.76. The number of aryl methyl sites for hydroxylation is 2. The fourth-order valence-electron chi connectivity index (χ4n) is 3.90. The minimum absolute atomic E-state index is 0.291. The van der Waals surface area contributed by atoms with Crippen molar-refractivity contribution in [3.8, 4) is 0 Å². The van der Waals surface area contributed by atoms with Crippen molar-refractivity contribution in [3.05, 3.63) is 99.5 Å². The van der Waals surface area contributed by atoms with E-state index < -0.39 is 5.41 Å². The third-order valence-corrected chi connectivity index (χ3v) is 5.61. The molecule has 0 atom stereocenters. The van der Waals surface area contributed by atoms with Gasteiger partial charge in [0.25, 0.3) is 11.5 Å². The summed E-state index contributed by atoms with van der Waals surface area (Å²) in [4.78, 5) is 30.0. The molecular formula is C24H24N4O2. The number of aromatic amines is 1. The average molecular weight is 400 g/mol. The van der Waals surface area contributed by atoms with Crippen molar-refractivity contribution in [1.82, 2.24) is 20.1 Å². The van der Waals surface area contributed by atoms with Gasteiger partial charge in [0.2, 0.25) is 0 Å². The Labute approximate surface area is 174 Å². The fraction of sp³-hybridized carbons (Fsp3) is 0.208. The molecule has 30 heavy (non-hydrogen) atoms. The molecule has 6 heteroatoms. The van der Waals surface area contributed by atoms with Crippen molar-refractivity contribution >= 4 is 16.9 Å². The predicted octanol–water partition coefficient (Wildman–Crippen LogP) is 3.31. The molecule has 2 aromatic heterocycles. The van der Waals surface area contributed by atoms with Crippen LogP contribution in [-0.4, -0.2) is 27.2 Å². The van der Waals surface area contributed by atoms with E-state index in [2.05, 4.69) is 46.6 Å². The Kier molecular flexibility index (Phi) is 4.99. The van der Waals surface area contributed by atoms with E-state index in [1.54, 1.807) is 17.8 Å². The van der Waals surface area contributed by atoms with E-state index in [0.717, 1.165) is 11.1 Å². The van der Waals surface area contributed by atoms with Crippen LogP contribution in [0.1, 0.15) is 34.1 Å². The summed E-state index contributed by atoms with van der Waals surface area (Å²) in [6.45, 7) is 4.31. The van der Waals surface area contributed by atoms with Crippen LogP contribution < -0.4 is 10.9 Å². The molecule has 6 nitrogen and oxygen atoms in total. The Morgan fingerprint density at radius 2 is 1.63 bits per heavy atom. The number of fused-ring (bicyclic) bond motifs is 1. The van der Waals surface area contributed by atoms with Gasteiger partial charge >= 0.3 is 0 Å². The lowest BCUT2D eigenvalue weighted by molar-refractivity contribution is 0.0948. The first-order valence-electron chi connectivity index (χ1n) is 9.86. The maximum Gasteiger partial charge on any atom is 0.274 e. The van der Waals surface area contributed by atoms with E-state index in [4.69, 9.17) is 0 Å². The number of aromatic nitrogens is 3. The molecule has 0 saturated heterocycles. The number of nitrogens with zero attached hydrogens (tertiary/aromatic N) is 2. The molecule has 2 heterocycles. The van der Waals surface area contributed by atoms with Crippen LogP contribution in [-0.2, 0) is 12.5 Å². The molecular weight excluding hydrogens is 376 g/mol. The first kappa shape index (κ1) is 19.6. The molecule has 4 rings (SSSR count). The van der Waals surface area contributed by atoms with Crippen molar-refractivity contribution < 1.29 is 4.79 Å². The second-order valence-corrected chi connectivity index (χ2v) is 7.76. The van der Waals surface area contributed by atoms with Crippen LogP contribution in [0.15, 0.2) is 71.5 Å². The largest absolute Gasteiger partial charge is 0.351 e. The van der Waals surface area contributed by atoms with Crippen molar-refractivity contribution in [2.75, 3.05) is 6.54 Å². The van der Waals surface area contributed by atoms with Gasteiger partial charge in [-0.3, -0.25) is 19.4 Å². The van der Waals surface area contributed by atoms with Gasteiger partial charge in [0, 0.05) is 24.7 Å². The number of pyridine rings is 1. The zero-order valence-corrected chi connectivity index (χ0v) is 17.3. The molecule has 0 saturated carbocycles. The van der Waals surface area contributed by atoms with Crippen molar-refractivity contribution in [2.24, 2.45) is 7.05 Å². The Balaban J connectivity index is 1.71. The molecule has 0 aliphatic rings. The summed E-state index contributed by atoms with van der Waals surface area (Å²) in [5, 5.41) is 6.05. The van der Waals surface area contributed by atoms with Crippen LogP contribution >= 0.6 is 0 Å². The van der Waals surface area contributed by atoms with Gasteiger partial charge in [-0.25, -0.2) is 4.98 Å². The summed E-state index contributed by atoms with van der Waals surface area (Å²) in [6, 6.07) is 21.9. The standard InChI is InChI=1S/C24H24N4O2/c1-16-14-19(20-21(26-16)28(3)27-23(20)30)22(29)25-15-24(2,17-10-6-4-7-11-17)18-12-8-5-9-13-18/h4-14H,15H2,1-3H3,(H,25,29)(H,27,30). The van der Waals surface area contributed by atoms with Gasteiger partial charge in [0.1, 0.15) is 0 Å². The van der Waals surface area contributed by atoms with Gasteiger partial charge in [-0.1, -0.05) is 60.7 Å². The summed E-state index contributed by atoms with van der Waals surface area (Å²) in [5.74, 6) is -0.291. The number of benzene rings is 2. The molecule has 0 fully saturated rings. The third kappa shape index (κ3) is 3.41. The molecule has 0 unspecified atom stereocenters. The lowest BCUT2D eigenvalue weighted by Gasteiger charge is -2.31. The smallest absolute Gasteiger partial charge is 0.274 e. The molecule has 2 aromatic carbocycles. The monoisotopic (exact) mass is 400 g/mol. The Morgan fingerprint density at radius 3 is 2.20 bits per heavy atom. The Bertz CT molecular complexity index is 1220. The van der Waals surface area contributed by atoms with Crippen LogP contribution in [0.2, 0.25) is 0 Å². The number of nitrogens with one attached hydrogen (secondary N) is 2. The highest BCUT2D eigenvalue weighted by molar-refractivity contribution is 6.05. The Morgan fingerprint density at radius 1 is 1.07 bits per heavy atom. The van der Waals surface area contributed by atoms with Crippen LogP contribution in [0.25, 0.3) is 11.0 Å². The second kappa shape index (κ2) is 7.63. The average Bonchev–Trinajstić information content (AvgIpc) is 3.05. The van der Waals surface area contributed by atoms with Crippen LogP contribution in [0.4, 0.5) is 0 Å². The first-order valence-corrected chi connectivity index (χ1v) is 9.86. The quantitative estimate of drug-likeness (QED) is 0.539. The van der Waals surface area contributed by atoms with E-state index in [9.17, 15) is 9.59 Å². The molecule has 0 bridgehead atoms. The predicted molar refractivity (Wildman–Crippen MR) is 118 cm³/mol. The van der Waals surface area contributed by atoms with E-state index >= 15 is 0 Å². The highest BCUT2D eigenvalue weighted by Gasteiger charge is 2.30. The number of rotatable bonds is 5. The van der Waals surface area contributed by atoms with E-state index in [0.29, 0.717) is 28.8 Å². The zero-order valence-electron chi connectivity index (χ0n) is 17.3. The van der Waals surface area contributed by atoms with E-state index in [-0.39, 0.29) is 11.5 Å². The summed E-state index contributed by atoms with van der Waals surface area (Å²) < 4.78 is 1.54. The van der Waals surface area contributed by atoms with Gasteiger partial charge in [0.15, 0.2) is 5.65 Å². The van der Waals surface area contributed by atoms with E-state index in [1.807, 2.05) is 43.3 Å². The van der Waals surface area contributed by atoms with Crippen LogP contribution in [0, 0.1) is 6.92 Å². The van der Waals surface area contributed by atoms with Gasteiger partial charge in [-0.15, -0.1) is 0 Å². The maximum atomic E-state index is 13.2. The number of carbonyl (C=O) groups excluding carboxylic acids is 1. The molecule has 4 aromatic rings. The molecule has 0 aliphatic heterocycles. The third-order valence-electron chi connectivity index (χ3n) is 5.61. The van der Waals surface area contributed by atoms with Crippen molar-refractivity contribution in [2.45, 2.75) is 19.3 Å². The summed E-state index contributed by atoms with van der Waals surface area (Å²) in [7, 11) is 1.71. The minimum Gasteiger partial charge on any atom is -0.351 e. The van der Waals surface area contributed by atoms with E-state index in [1.165, 1.54) is 0 Å². The van der Waals surface area contributed by atoms with Gasteiger partial charge in [-0.2, -0.15) is 0 Å². The van der Waals surface area contributed by atoms with Gasteiger partial charge in [-0.05, 0) is 31.0 Å². The minimum atomic E-state index is -0.428. The van der Waals surface area contributed by atoms with Crippen molar-refractivity contribution in [1.29, 1.82) is 0 Å². The molecule has 1 amide bonds. The fourth-order valence-corrected chi connectivity index (χ4v) is 3.90. The number of amides is 1. The summed E-state index contributed by atoms with van der Waals surface area (Å²) in [6.07, 6.45) is 0. The molecule has 152 valence electrons. The summed E-state index contributed by atoms with van der Waals surface area (Å²) in [5.41, 5.74) is 2.94. The molecule has 0 radical (unpaired) electrons. The Hall–Kier alpha value is -3.67. The van der Waals surface area contributed by atoms with Gasteiger partial charge in [0.05, 0.1) is 10.9 Å². The zero-order chi connectivity index (χ0) is 21.3. The summed E-state index contributed by atoms with van der Waals surface area (Å²) >= 11 is 0. The van der Waals surface area contributed by atoms with Crippen LogP contribution in [0.3, 0.4) is 0 Å². The SMILES string of the molecule is Cc1cc(C(=O)NCC(C)(c2ccccc2)c2ccccc2)c2c(=O)[nH]n(C)c2n1. The van der Waals surface area contributed by atoms with Gasteiger partial charge < -0.3 is 5.32 Å². The maximum absolute atomic E-state index is 13.2. The topological polar surface area (TPSA) is 79.8 Å². The van der Waals surface area contributed by atoms with Crippen LogP contribution in [0.5, 0.6) is 0 Å². The number of hydrogen-bond donors (Lipinski definition) is 2. The lowest BCUT2D eigenvalue weighted by atomic mass is 9.76. The molecule has 0 aliphatic carbocycles. The lowest BCUT2D eigenvalue weighted by Crippen LogP contribution is -2.39. The highest BCUT2D eigenvalue weighted by Crippen LogP contribution is 2.31. The number of hydrogen-bond acceptors (Lipinski definition) is 3.